The standard InChI is InChI=1S/C20H20ClNO5/c1-13(2)26-15-5-7-16(8-6-15)27-20(24)11-10-19(23)22-17-12-14(21)4-9-18(17)25-3/h4-13H,1-3H3,(H,22,23)/b11-10+. The maximum Gasteiger partial charge on any atom is 0.336 e. The van der Waals surface area contributed by atoms with Crippen LogP contribution in [0.1, 0.15) is 13.8 Å². The number of amides is 1. The first-order valence-corrected chi connectivity index (χ1v) is 8.56. The van der Waals surface area contributed by atoms with E-state index in [0.29, 0.717) is 28.0 Å². The highest BCUT2D eigenvalue weighted by Crippen LogP contribution is 2.27. The van der Waals surface area contributed by atoms with Crippen molar-refractivity contribution in [3.63, 3.8) is 0 Å². The van der Waals surface area contributed by atoms with Crippen molar-refractivity contribution in [2.24, 2.45) is 0 Å². The van der Waals surface area contributed by atoms with E-state index in [2.05, 4.69) is 5.32 Å². The first-order valence-electron chi connectivity index (χ1n) is 8.18. The second-order valence-corrected chi connectivity index (χ2v) is 6.16. The van der Waals surface area contributed by atoms with Gasteiger partial charge in [0, 0.05) is 17.2 Å². The number of esters is 1. The molecule has 0 unspecified atom stereocenters. The minimum Gasteiger partial charge on any atom is -0.495 e. The summed E-state index contributed by atoms with van der Waals surface area (Å²) in [6.07, 6.45) is 2.15. The molecule has 0 saturated carbocycles. The summed E-state index contributed by atoms with van der Waals surface area (Å²) in [5, 5.41) is 3.03. The summed E-state index contributed by atoms with van der Waals surface area (Å²) in [4.78, 5) is 23.8. The van der Waals surface area contributed by atoms with Crippen molar-refractivity contribution in [1.82, 2.24) is 0 Å². The number of halogens is 1. The van der Waals surface area contributed by atoms with Crippen molar-refractivity contribution in [3.05, 3.63) is 59.6 Å². The van der Waals surface area contributed by atoms with Crippen LogP contribution >= 0.6 is 11.6 Å². The van der Waals surface area contributed by atoms with E-state index < -0.39 is 11.9 Å². The number of hydrogen-bond donors (Lipinski definition) is 1. The normalized spacial score (nSPS) is 10.7. The van der Waals surface area contributed by atoms with Crippen molar-refractivity contribution in [3.8, 4) is 17.2 Å². The van der Waals surface area contributed by atoms with E-state index in [1.807, 2.05) is 13.8 Å². The summed E-state index contributed by atoms with van der Waals surface area (Å²) in [6.45, 7) is 3.84. The molecule has 7 heteroatoms. The predicted molar refractivity (Wildman–Crippen MR) is 104 cm³/mol. The van der Waals surface area contributed by atoms with Crippen LogP contribution in [0, 0.1) is 0 Å². The summed E-state index contributed by atoms with van der Waals surface area (Å²) in [5.41, 5.74) is 0.397. The number of ether oxygens (including phenoxy) is 3. The highest BCUT2D eigenvalue weighted by atomic mass is 35.5. The van der Waals surface area contributed by atoms with E-state index in [-0.39, 0.29) is 6.10 Å². The van der Waals surface area contributed by atoms with E-state index >= 15 is 0 Å². The van der Waals surface area contributed by atoms with E-state index in [4.69, 9.17) is 25.8 Å². The SMILES string of the molecule is COc1ccc(Cl)cc1NC(=O)/C=C/C(=O)Oc1ccc(OC(C)C)cc1. The van der Waals surface area contributed by atoms with Gasteiger partial charge in [-0.3, -0.25) is 4.79 Å². The highest BCUT2D eigenvalue weighted by molar-refractivity contribution is 6.31. The number of hydrogen-bond acceptors (Lipinski definition) is 5. The molecule has 1 amide bonds. The van der Waals surface area contributed by atoms with Gasteiger partial charge < -0.3 is 19.5 Å². The van der Waals surface area contributed by atoms with Crippen LogP contribution in [0.5, 0.6) is 17.2 Å². The van der Waals surface area contributed by atoms with Gasteiger partial charge in [-0.2, -0.15) is 0 Å². The zero-order chi connectivity index (χ0) is 19.8. The number of carbonyl (C=O) groups excluding carboxylic acids is 2. The lowest BCUT2D eigenvalue weighted by atomic mass is 10.3. The molecule has 0 saturated heterocycles. The monoisotopic (exact) mass is 389 g/mol. The quantitative estimate of drug-likeness (QED) is 0.435. The number of methoxy groups -OCH3 is 1. The third-order valence-corrected chi connectivity index (χ3v) is 3.44. The molecule has 0 aliphatic carbocycles. The average Bonchev–Trinajstić information content (AvgIpc) is 2.61. The van der Waals surface area contributed by atoms with Gasteiger partial charge in [-0.25, -0.2) is 4.79 Å². The summed E-state index contributed by atoms with van der Waals surface area (Å²) in [5.74, 6) is 0.272. The van der Waals surface area contributed by atoms with E-state index in [0.717, 1.165) is 12.2 Å². The highest BCUT2D eigenvalue weighted by Gasteiger charge is 2.08. The number of benzene rings is 2. The predicted octanol–water partition coefficient (Wildman–Crippen LogP) is 4.24. The number of anilines is 1. The minimum absolute atomic E-state index is 0.0537. The van der Waals surface area contributed by atoms with Crippen molar-refractivity contribution in [2.75, 3.05) is 12.4 Å². The Morgan fingerprint density at radius 1 is 1.04 bits per heavy atom. The van der Waals surface area contributed by atoms with Gasteiger partial charge in [-0.05, 0) is 56.3 Å². The maximum atomic E-state index is 12.0. The Hall–Kier alpha value is -2.99. The Morgan fingerprint density at radius 2 is 1.70 bits per heavy atom. The van der Waals surface area contributed by atoms with Crippen LogP contribution in [0.4, 0.5) is 5.69 Å². The average molecular weight is 390 g/mol. The molecule has 0 bridgehead atoms. The number of rotatable bonds is 7. The Labute approximate surface area is 162 Å². The van der Waals surface area contributed by atoms with Crippen LogP contribution in [-0.4, -0.2) is 25.1 Å². The number of nitrogens with one attached hydrogen (secondary N) is 1. The molecule has 0 radical (unpaired) electrons. The van der Waals surface area contributed by atoms with Gasteiger partial charge in [0.25, 0.3) is 0 Å². The van der Waals surface area contributed by atoms with Crippen molar-refractivity contribution in [1.29, 1.82) is 0 Å². The van der Waals surface area contributed by atoms with E-state index in [1.54, 1.807) is 42.5 Å². The Morgan fingerprint density at radius 3 is 2.33 bits per heavy atom. The molecule has 0 heterocycles. The van der Waals surface area contributed by atoms with Gasteiger partial charge in [0.15, 0.2) is 0 Å². The fraction of sp³-hybridized carbons (Fsp3) is 0.200. The Balaban J connectivity index is 1.92. The Kier molecular flexibility index (Phi) is 7.25. The minimum atomic E-state index is -0.680. The van der Waals surface area contributed by atoms with Gasteiger partial charge in [0.2, 0.25) is 5.91 Å². The molecule has 2 aromatic carbocycles. The second-order valence-electron chi connectivity index (χ2n) is 5.73. The molecule has 2 aromatic rings. The molecule has 2 rings (SSSR count). The third kappa shape index (κ3) is 6.67. The summed E-state index contributed by atoms with van der Waals surface area (Å²) in [6, 6.07) is 11.4. The first kappa shape index (κ1) is 20.3. The molecule has 0 fully saturated rings. The van der Waals surface area contributed by atoms with Gasteiger partial charge >= 0.3 is 5.97 Å². The van der Waals surface area contributed by atoms with Crippen molar-refractivity contribution >= 4 is 29.2 Å². The second kappa shape index (κ2) is 9.64. The molecule has 0 aliphatic heterocycles. The lowest BCUT2D eigenvalue weighted by Crippen LogP contribution is -2.11. The lowest BCUT2D eigenvalue weighted by Gasteiger charge is -2.10. The zero-order valence-corrected chi connectivity index (χ0v) is 15.9. The van der Waals surface area contributed by atoms with Crippen LogP contribution in [0.3, 0.4) is 0 Å². The molecule has 1 N–H and O–H groups in total. The smallest absolute Gasteiger partial charge is 0.336 e. The van der Waals surface area contributed by atoms with Crippen LogP contribution in [0.15, 0.2) is 54.6 Å². The molecule has 0 aromatic heterocycles. The van der Waals surface area contributed by atoms with E-state index in [1.165, 1.54) is 7.11 Å². The molecule has 0 atom stereocenters. The van der Waals surface area contributed by atoms with Crippen LogP contribution in [0.2, 0.25) is 5.02 Å². The van der Waals surface area contributed by atoms with Crippen molar-refractivity contribution in [2.45, 2.75) is 20.0 Å². The van der Waals surface area contributed by atoms with Crippen LogP contribution in [-0.2, 0) is 9.59 Å². The Bertz CT molecular complexity index is 831. The molecule has 0 aliphatic rings. The summed E-state index contributed by atoms with van der Waals surface area (Å²) in [7, 11) is 1.48. The molecule has 142 valence electrons. The van der Waals surface area contributed by atoms with E-state index in [9.17, 15) is 9.59 Å². The van der Waals surface area contributed by atoms with Gasteiger partial charge in [0.05, 0.1) is 18.9 Å². The third-order valence-electron chi connectivity index (χ3n) is 3.20. The molecular formula is C20H20ClNO5. The molecule has 6 nitrogen and oxygen atoms in total. The summed E-state index contributed by atoms with van der Waals surface area (Å²) < 4.78 is 15.8. The summed E-state index contributed by atoms with van der Waals surface area (Å²) >= 11 is 5.91. The molecule has 27 heavy (non-hydrogen) atoms. The maximum absolute atomic E-state index is 12.0. The van der Waals surface area contributed by atoms with Crippen molar-refractivity contribution < 1.29 is 23.8 Å². The van der Waals surface area contributed by atoms with Crippen LogP contribution in [0.25, 0.3) is 0 Å². The van der Waals surface area contributed by atoms with Gasteiger partial charge in [0.1, 0.15) is 17.2 Å². The fourth-order valence-electron chi connectivity index (χ4n) is 2.10. The molecule has 0 spiro atoms. The molecular weight excluding hydrogens is 370 g/mol. The largest absolute Gasteiger partial charge is 0.495 e. The first-order chi connectivity index (χ1) is 12.9. The topological polar surface area (TPSA) is 73.9 Å². The van der Waals surface area contributed by atoms with Gasteiger partial charge in [-0.1, -0.05) is 11.6 Å². The number of carbonyl (C=O) groups is 2. The zero-order valence-electron chi connectivity index (χ0n) is 15.2. The lowest BCUT2D eigenvalue weighted by molar-refractivity contribution is -0.129. The van der Waals surface area contributed by atoms with Crippen LogP contribution < -0.4 is 19.5 Å². The van der Waals surface area contributed by atoms with Gasteiger partial charge in [-0.15, -0.1) is 0 Å². The fourth-order valence-corrected chi connectivity index (χ4v) is 2.28.